The molecule has 126 valence electrons. The van der Waals surface area contributed by atoms with E-state index >= 15 is 0 Å². The Hall–Kier alpha value is -3.15. The first-order valence-corrected chi connectivity index (χ1v) is 8.24. The number of benzene rings is 1. The maximum Gasteiger partial charge on any atom is 0.261 e. The molecule has 2 aromatic heterocycles. The first-order chi connectivity index (χ1) is 12.2. The van der Waals surface area contributed by atoms with Crippen LogP contribution in [0.3, 0.4) is 0 Å². The van der Waals surface area contributed by atoms with Crippen molar-refractivity contribution >= 4 is 5.91 Å². The lowest BCUT2D eigenvalue weighted by molar-refractivity contribution is 0.0949. The molecule has 0 saturated heterocycles. The van der Waals surface area contributed by atoms with Crippen LogP contribution in [0.5, 0.6) is 0 Å². The van der Waals surface area contributed by atoms with E-state index in [0.29, 0.717) is 11.6 Å². The van der Waals surface area contributed by atoms with Gasteiger partial charge in [0.25, 0.3) is 11.5 Å². The SMILES string of the molecule is O=C(NCc1coc(-c2ccccc2)n1)c1cc2c([nH]c1=O)CCC2. The summed E-state index contributed by atoms with van der Waals surface area (Å²) in [7, 11) is 0. The van der Waals surface area contributed by atoms with Gasteiger partial charge in [0, 0.05) is 11.3 Å². The van der Waals surface area contributed by atoms with E-state index in [0.717, 1.165) is 36.1 Å². The van der Waals surface area contributed by atoms with Gasteiger partial charge in [-0.25, -0.2) is 4.98 Å². The molecule has 6 nitrogen and oxygen atoms in total. The Bertz CT molecular complexity index is 973. The van der Waals surface area contributed by atoms with Crippen molar-refractivity contribution in [3.63, 3.8) is 0 Å². The van der Waals surface area contributed by atoms with Crippen LogP contribution in [0.4, 0.5) is 0 Å². The van der Waals surface area contributed by atoms with Gasteiger partial charge in [-0.05, 0) is 43.0 Å². The molecule has 1 aliphatic rings. The molecular formula is C19H17N3O3. The Labute approximate surface area is 143 Å². The minimum Gasteiger partial charge on any atom is -0.444 e. The second-order valence-corrected chi connectivity index (χ2v) is 6.06. The number of rotatable bonds is 4. The minimum absolute atomic E-state index is 0.146. The van der Waals surface area contributed by atoms with Gasteiger partial charge in [0.2, 0.25) is 5.89 Å². The van der Waals surface area contributed by atoms with Crippen molar-refractivity contribution in [2.24, 2.45) is 0 Å². The van der Waals surface area contributed by atoms with Crippen molar-refractivity contribution < 1.29 is 9.21 Å². The average Bonchev–Trinajstić information content (AvgIpc) is 3.28. The fourth-order valence-corrected chi connectivity index (χ4v) is 3.05. The van der Waals surface area contributed by atoms with Gasteiger partial charge >= 0.3 is 0 Å². The summed E-state index contributed by atoms with van der Waals surface area (Å²) in [5.41, 5.74) is 3.28. The number of hydrogen-bond donors (Lipinski definition) is 2. The molecule has 0 unspecified atom stereocenters. The fourth-order valence-electron chi connectivity index (χ4n) is 3.05. The summed E-state index contributed by atoms with van der Waals surface area (Å²) >= 11 is 0. The monoisotopic (exact) mass is 335 g/mol. The number of carbonyl (C=O) groups excluding carboxylic acids is 1. The maximum absolute atomic E-state index is 12.3. The van der Waals surface area contributed by atoms with Gasteiger partial charge in [-0.2, -0.15) is 0 Å². The number of pyridine rings is 1. The molecular weight excluding hydrogens is 318 g/mol. The number of nitrogens with one attached hydrogen (secondary N) is 2. The van der Waals surface area contributed by atoms with E-state index in [9.17, 15) is 9.59 Å². The smallest absolute Gasteiger partial charge is 0.261 e. The molecule has 0 radical (unpaired) electrons. The zero-order chi connectivity index (χ0) is 17.2. The molecule has 0 fully saturated rings. The van der Waals surface area contributed by atoms with Crippen LogP contribution in [0.2, 0.25) is 0 Å². The van der Waals surface area contributed by atoms with Crippen LogP contribution >= 0.6 is 0 Å². The van der Waals surface area contributed by atoms with Crippen LogP contribution in [0.25, 0.3) is 11.5 Å². The topological polar surface area (TPSA) is 88.0 Å². The van der Waals surface area contributed by atoms with Crippen LogP contribution < -0.4 is 10.9 Å². The second kappa shape index (κ2) is 6.39. The minimum atomic E-state index is -0.403. The number of hydrogen-bond acceptors (Lipinski definition) is 4. The summed E-state index contributed by atoms with van der Waals surface area (Å²) in [6, 6.07) is 11.2. The number of aromatic nitrogens is 2. The lowest BCUT2D eigenvalue weighted by atomic mass is 10.1. The standard InChI is InChI=1S/C19H17N3O3/c23-17(15-9-13-7-4-8-16(13)22-18(15)24)20-10-14-11-25-19(21-14)12-5-2-1-3-6-12/h1-3,5-6,9,11H,4,7-8,10H2,(H,20,23)(H,22,24). The van der Waals surface area contributed by atoms with Crippen molar-refractivity contribution in [3.8, 4) is 11.5 Å². The predicted octanol–water partition coefficient (Wildman–Crippen LogP) is 2.45. The van der Waals surface area contributed by atoms with Crippen LogP contribution in [-0.4, -0.2) is 15.9 Å². The number of oxazole rings is 1. The molecule has 25 heavy (non-hydrogen) atoms. The van der Waals surface area contributed by atoms with Gasteiger partial charge in [-0.1, -0.05) is 18.2 Å². The summed E-state index contributed by atoms with van der Waals surface area (Å²) in [5, 5.41) is 2.73. The first kappa shape index (κ1) is 15.4. The molecule has 2 N–H and O–H groups in total. The quantitative estimate of drug-likeness (QED) is 0.766. The highest BCUT2D eigenvalue weighted by atomic mass is 16.3. The number of fused-ring (bicyclic) bond motifs is 1. The van der Waals surface area contributed by atoms with Gasteiger partial charge < -0.3 is 14.7 Å². The zero-order valence-electron chi connectivity index (χ0n) is 13.5. The molecule has 0 saturated carbocycles. The van der Waals surface area contributed by atoms with Crippen LogP contribution in [-0.2, 0) is 19.4 Å². The molecule has 0 aliphatic heterocycles. The number of nitrogens with zero attached hydrogens (tertiary/aromatic N) is 1. The largest absolute Gasteiger partial charge is 0.444 e. The Kier molecular flexibility index (Phi) is 3.93. The molecule has 2 heterocycles. The summed E-state index contributed by atoms with van der Waals surface area (Å²) in [5.74, 6) is 0.0976. The highest BCUT2D eigenvalue weighted by Gasteiger charge is 2.18. The third-order valence-electron chi connectivity index (χ3n) is 4.34. The van der Waals surface area contributed by atoms with Gasteiger partial charge in [0.15, 0.2) is 0 Å². The number of aryl methyl sites for hydroxylation is 2. The van der Waals surface area contributed by atoms with Crippen LogP contribution in [0.1, 0.15) is 33.7 Å². The second-order valence-electron chi connectivity index (χ2n) is 6.06. The fraction of sp³-hybridized carbons (Fsp3) is 0.211. The first-order valence-electron chi connectivity index (χ1n) is 8.24. The van der Waals surface area contributed by atoms with Crippen molar-refractivity contribution in [2.45, 2.75) is 25.8 Å². The molecule has 0 bridgehead atoms. The molecule has 0 atom stereocenters. The Morgan fingerprint density at radius 2 is 2.08 bits per heavy atom. The van der Waals surface area contributed by atoms with Crippen molar-refractivity contribution in [3.05, 3.63) is 75.5 Å². The molecule has 3 aromatic rings. The number of H-pyrrole nitrogens is 1. The van der Waals surface area contributed by atoms with Gasteiger partial charge in [0.1, 0.15) is 11.8 Å². The number of carbonyl (C=O) groups is 1. The molecule has 1 amide bonds. The van der Waals surface area contributed by atoms with E-state index in [4.69, 9.17) is 4.42 Å². The third-order valence-corrected chi connectivity index (χ3v) is 4.34. The van der Waals surface area contributed by atoms with Crippen molar-refractivity contribution in [1.82, 2.24) is 15.3 Å². The number of aromatic amines is 1. The van der Waals surface area contributed by atoms with E-state index in [1.165, 1.54) is 6.26 Å². The van der Waals surface area contributed by atoms with Crippen LogP contribution in [0.15, 0.2) is 51.9 Å². The molecule has 4 rings (SSSR count). The van der Waals surface area contributed by atoms with E-state index in [1.807, 2.05) is 30.3 Å². The van der Waals surface area contributed by atoms with E-state index in [2.05, 4.69) is 15.3 Å². The summed E-state index contributed by atoms with van der Waals surface area (Å²) in [6.45, 7) is 0.200. The Balaban J connectivity index is 1.46. The molecule has 6 heteroatoms. The lowest BCUT2D eigenvalue weighted by Crippen LogP contribution is -2.30. The third kappa shape index (κ3) is 3.10. The van der Waals surface area contributed by atoms with Gasteiger partial charge in [0.05, 0.1) is 12.2 Å². The zero-order valence-corrected chi connectivity index (χ0v) is 13.5. The summed E-state index contributed by atoms with van der Waals surface area (Å²) < 4.78 is 5.44. The van der Waals surface area contributed by atoms with Gasteiger partial charge in [-0.3, -0.25) is 9.59 Å². The highest BCUT2D eigenvalue weighted by molar-refractivity contribution is 5.94. The maximum atomic E-state index is 12.3. The van der Waals surface area contributed by atoms with Gasteiger partial charge in [-0.15, -0.1) is 0 Å². The highest BCUT2D eigenvalue weighted by Crippen LogP contribution is 2.19. The molecule has 1 aromatic carbocycles. The molecule has 0 spiro atoms. The number of amides is 1. The Morgan fingerprint density at radius 1 is 1.24 bits per heavy atom. The van der Waals surface area contributed by atoms with Crippen molar-refractivity contribution in [1.29, 1.82) is 0 Å². The summed E-state index contributed by atoms with van der Waals surface area (Å²) in [4.78, 5) is 31.6. The van der Waals surface area contributed by atoms with Crippen molar-refractivity contribution in [2.75, 3.05) is 0 Å². The van der Waals surface area contributed by atoms with Crippen LogP contribution in [0, 0.1) is 0 Å². The predicted molar refractivity (Wildman–Crippen MR) is 92.2 cm³/mol. The normalized spacial score (nSPS) is 12.8. The summed E-state index contributed by atoms with van der Waals surface area (Å²) in [6.07, 6.45) is 4.29. The average molecular weight is 335 g/mol. The lowest BCUT2D eigenvalue weighted by Gasteiger charge is -2.05. The van der Waals surface area contributed by atoms with E-state index in [-0.39, 0.29) is 17.7 Å². The molecule has 1 aliphatic carbocycles. The Morgan fingerprint density at radius 3 is 2.92 bits per heavy atom. The van der Waals surface area contributed by atoms with E-state index < -0.39 is 5.91 Å². The van der Waals surface area contributed by atoms with E-state index in [1.54, 1.807) is 6.07 Å².